The fourth-order valence-corrected chi connectivity index (χ4v) is 0.507. The molecule has 1 aromatic carbocycles. The first-order valence-electron chi connectivity index (χ1n) is 3.83. The Hall–Kier alpha value is -1.84. The lowest BCUT2D eigenvalue weighted by molar-refractivity contribution is -0.132. The summed E-state index contributed by atoms with van der Waals surface area (Å²) in [6, 6.07) is 5.85. The highest BCUT2D eigenvalue weighted by Crippen LogP contribution is 2.02. The zero-order chi connectivity index (χ0) is 11.1. The lowest BCUT2D eigenvalue weighted by atomic mass is 10.3. The van der Waals surface area contributed by atoms with E-state index in [4.69, 9.17) is 10.8 Å². The fourth-order valence-electron chi connectivity index (χ4n) is 0.507. The first-order chi connectivity index (χ1) is 6.43. The van der Waals surface area contributed by atoms with Crippen LogP contribution in [0.3, 0.4) is 0 Å². The van der Waals surface area contributed by atoms with E-state index in [1.807, 2.05) is 0 Å². The number of hydrogen-bond donors (Lipinski definition) is 2. The second-order valence-corrected chi connectivity index (χ2v) is 2.64. The number of carboxylic acid groups (broad SMARTS) is 1. The summed E-state index contributed by atoms with van der Waals surface area (Å²) < 4.78 is 12.1. The van der Waals surface area contributed by atoms with Crippen LogP contribution in [0.4, 0.5) is 10.1 Å². The van der Waals surface area contributed by atoms with Crippen LogP contribution in [-0.4, -0.2) is 11.1 Å². The number of anilines is 1. The topological polar surface area (TPSA) is 63.3 Å². The lowest BCUT2D eigenvalue weighted by Crippen LogP contribution is -1.92. The minimum absolute atomic E-state index is 0.176. The Bertz CT molecular complexity index is 307. The van der Waals surface area contributed by atoms with Crippen LogP contribution < -0.4 is 5.73 Å². The highest BCUT2D eigenvalue weighted by atomic mass is 19.1. The van der Waals surface area contributed by atoms with Crippen LogP contribution in [0.25, 0.3) is 0 Å². The van der Waals surface area contributed by atoms with Gasteiger partial charge >= 0.3 is 5.97 Å². The largest absolute Gasteiger partial charge is 0.478 e. The molecule has 3 N–H and O–H groups in total. The number of nitrogens with two attached hydrogens (primary N) is 1. The number of halogens is 1. The van der Waals surface area contributed by atoms with E-state index in [-0.39, 0.29) is 11.4 Å². The molecule has 3 nitrogen and oxygen atoms in total. The molecule has 0 saturated carbocycles. The van der Waals surface area contributed by atoms with E-state index in [1.165, 1.54) is 19.1 Å². The van der Waals surface area contributed by atoms with Gasteiger partial charge in [-0.2, -0.15) is 0 Å². The van der Waals surface area contributed by atoms with Crippen molar-refractivity contribution in [1.82, 2.24) is 0 Å². The van der Waals surface area contributed by atoms with Crippen LogP contribution in [0.5, 0.6) is 0 Å². The maximum Gasteiger partial charge on any atom is 0.330 e. The van der Waals surface area contributed by atoms with Gasteiger partial charge < -0.3 is 10.8 Å². The molecule has 0 radical (unpaired) electrons. The number of carbonyl (C=O) groups is 1. The van der Waals surface area contributed by atoms with E-state index in [2.05, 4.69) is 6.58 Å². The molecule has 1 rings (SSSR count). The first-order valence-corrected chi connectivity index (χ1v) is 3.83. The molecular formula is C10H12FNO2. The number of nitrogen functional groups attached to an aromatic ring is 1. The second kappa shape index (κ2) is 5.75. The van der Waals surface area contributed by atoms with Gasteiger partial charge in [0, 0.05) is 11.3 Å². The van der Waals surface area contributed by atoms with Crippen molar-refractivity contribution in [2.45, 2.75) is 6.92 Å². The van der Waals surface area contributed by atoms with Crippen LogP contribution in [0.2, 0.25) is 0 Å². The summed E-state index contributed by atoms with van der Waals surface area (Å²) in [5, 5.41) is 7.89. The number of aliphatic carboxylic acids is 1. The summed E-state index contributed by atoms with van der Waals surface area (Å²) in [7, 11) is 0. The molecule has 0 saturated heterocycles. The smallest absolute Gasteiger partial charge is 0.330 e. The van der Waals surface area contributed by atoms with Gasteiger partial charge in [0.15, 0.2) is 0 Å². The maximum atomic E-state index is 12.1. The molecule has 0 aromatic heterocycles. The summed E-state index contributed by atoms with van der Waals surface area (Å²) in [4.78, 5) is 9.60. The molecule has 0 spiro atoms. The normalized spacial score (nSPS) is 8.43. The van der Waals surface area contributed by atoms with E-state index in [1.54, 1.807) is 12.1 Å². The van der Waals surface area contributed by atoms with Gasteiger partial charge in [-0.1, -0.05) is 12.6 Å². The van der Waals surface area contributed by atoms with Crippen molar-refractivity contribution >= 4 is 11.7 Å². The predicted octanol–water partition coefficient (Wildman–Crippen LogP) is 2.05. The molecule has 0 atom stereocenters. The first kappa shape index (κ1) is 12.2. The van der Waals surface area contributed by atoms with Crippen molar-refractivity contribution in [3.63, 3.8) is 0 Å². The average Bonchev–Trinajstić information content (AvgIpc) is 2.04. The van der Waals surface area contributed by atoms with Crippen LogP contribution >= 0.6 is 0 Å². The molecule has 4 heteroatoms. The summed E-state index contributed by atoms with van der Waals surface area (Å²) >= 11 is 0. The van der Waals surface area contributed by atoms with Crippen LogP contribution in [0, 0.1) is 5.82 Å². The third-order valence-corrected chi connectivity index (χ3v) is 1.21. The minimum atomic E-state index is -0.935. The maximum absolute atomic E-state index is 12.1. The van der Waals surface area contributed by atoms with Gasteiger partial charge in [0.05, 0.1) is 0 Å². The summed E-state index contributed by atoms with van der Waals surface area (Å²) in [5.74, 6) is -1.22. The molecule has 0 aliphatic heterocycles. The van der Waals surface area contributed by atoms with Gasteiger partial charge in [-0.25, -0.2) is 9.18 Å². The molecule has 0 heterocycles. The van der Waals surface area contributed by atoms with Crippen LogP contribution in [0.15, 0.2) is 36.4 Å². The molecular weight excluding hydrogens is 185 g/mol. The van der Waals surface area contributed by atoms with Crippen molar-refractivity contribution < 1.29 is 14.3 Å². The SMILES string of the molecule is C=C(C)C(=O)O.Nc1cccc(F)c1. The van der Waals surface area contributed by atoms with Crippen LogP contribution in [0.1, 0.15) is 6.92 Å². The summed E-state index contributed by atoms with van der Waals surface area (Å²) in [6.45, 7) is 4.60. The molecule has 0 unspecified atom stereocenters. The van der Waals surface area contributed by atoms with Crippen molar-refractivity contribution in [3.8, 4) is 0 Å². The zero-order valence-electron chi connectivity index (χ0n) is 7.83. The lowest BCUT2D eigenvalue weighted by Gasteiger charge is -1.88. The van der Waals surface area contributed by atoms with Gasteiger partial charge in [-0.05, 0) is 25.1 Å². The second-order valence-electron chi connectivity index (χ2n) is 2.64. The monoisotopic (exact) mass is 197 g/mol. The molecule has 0 fully saturated rings. The molecule has 0 amide bonds. The van der Waals surface area contributed by atoms with E-state index < -0.39 is 5.97 Å². The Kier molecular flexibility index (Phi) is 4.99. The zero-order valence-corrected chi connectivity index (χ0v) is 7.83. The molecule has 14 heavy (non-hydrogen) atoms. The van der Waals surface area contributed by atoms with Crippen molar-refractivity contribution in [2.75, 3.05) is 5.73 Å². The predicted molar refractivity (Wildman–Crippen MR) is 53.3 cm³/mol. The summed E-state index contributed by atoms with van der Waals surface area (Å²) in [5.41, 5.74) is 5.86. The third-order valence-electron chi connectivity index (χ3n) is 1.21. The Labute approximate surface area is 81.7 Å². The Morgan fingerprint density at radius 3 is 2.29 bits per heavy atom. The molecule has 1 aromatic rings. The average molecular weight is 197 g/mol. The number of hydrogen-bond acceptors (Lipinski definition) is 2. The Morgan fingerprint density at radius 2 is 2.07 bits per heavy atom. The van der Waals surface area contributed by atoms with Crippen molar-refractivity contribution in [2.24, 2.45) is 0 Å². The van der Waals surface area contributed by atoms with E-state index in [0.717, 1.165) is 0 Å². The molecule has 76 valence electrons. The van der Waals surface area contributed by atoms with Crippen LogP contribution in [-0.2, 0) is 4.79 Å². The van der Waals surface area contributed by atoms with Gasteiger partial charge in [0.2, 0.25) is 0 Å². The fraction of sp³-hybridized carbons (Fsp3) is 0.100. The quantitative estimate of drug-likeness (QED) is 0.535. The Balaban J connectivity index is 0.000000255. The number of carboxylic acids is 1. The third kappa shape index (κ3) is 5.77. The van der Waals surface area contributed by atoms with Crippen molar-refractivity contribution in [1.29, 1.82) is 0 Å². The van der Waals surface area contributed by atoms with E-state index >= 15 is 0 Å². The van der Waals surface area contributed by atoms with Gasteiger partial charge in [0.25, 0.3) is 0 Å². The molecule has 0 aliphatic carbocycles. The minimum Gasteiger partial charge on any atom is -0.478 e. The number of rotatable bonds is 1. The number of benzene rings is 1. The highest BCUT2D eigenvalue weighted by Gasteiger charge is 1.90. The summed E-state index contributed by atoms with van der Waals surface area (Å²) in [6.07, 6.45) is 0. The standard InChI is InChI=1S/C6H6FN.C4H6O2/c7-5-2-1-3-6(8)4-5;1-3(2)4(5)6/h1-4H,8H2;1H2,2H3,(H,5,6). The van der Waals surface area contributed by atoms with Gasteiger partial charge in [0.1, 0.15) is 5.82 Å². The highest BCUT2D eigenvalue weighted by molar-refractivity contribution is 5.84. The van der Waals surface area contributed by atoms with Gasteiger partial charge in [-0.3, -0.25) is 0 Å². The van der Waals surface area contributed by atoms with Gasteiger partial charge in [-0.15, -0.1) is 0 Å². The van der Waals surface area contributed by atoms with Crippen molar-refractivity contribution in [3.05, 3.63) is 42.2 Å². The Morgan fingerprint density at radius 1 is 1.57 bits per heavy atom. The van der Waals surface area contributed by atoms with E-state index in [0.29, 0.717) is 5.69 Å². The molecule has 0 aliphatic rings. The molecule has 0 bridgehead atoms. The van der Waals surface area contributed by atoms with E-state index in [9.17, 15) is 9.18 Å².